The molecule has 2 unspecified atom stereocenters. The Morgan fingerprint density at radius 1 is 1.03 bits per heavy atom. The van der Waals surface area contributed by atoms with Gasteiger partial charge in [0.1, 0.15) is 5.54 Å². The third kappa shape index (κ3) is 2.98. The fourth-order valence-corrected chi connectivity index (χ4v) is 7.17. The molecule has 4 nitrogen and oxygen atoms in total. The van der Waals surface area contributed by atoms with Crippen LogP contribution in [0.25, 0.3) is 0 Å². The van der Waals surface area contributed by atoms with E-state index in [1.807, 2.05) is 31.2 Å². The molecule has 2 heterocycles. The Morgan fingerprint density at radius 3 is 2.66 bits per heavy atom. The summed E-state index contributed by atoms with van der Waals surface area (Å²) in [4.78, 5) is 0.365. The summed E-state index contributed by atoms with van der Waals surface area (Å²) in [7, 11) is -3.69. The molecule has 2 aliphatic heterocycles. The van der Waals surface area contributed by atoms with E-state index in [1.165, 1.54) is 5.57 Å². The highest BCUT2D eigenvalue weighted by Gasteiger charge is 2.55. The predicted octanol–water partition coefficient (Wildman–Crippen LogP) is 4.68. The van der Waals surface area contributed by atoms with Crippen molar-refractivity contribution in [3.63, 3.8) is 0 Å². The summed E-state index contributed by atoms with van der Waals surface area (Å²) in [5, 5.41) is 0. The van der Waals surface area contributed by atoms with Gasteiger partial charge in [0.25, 0.3) is 0 Å². The molecule has 0 bridgehead atoms. The number of benzene rings is 2. The molecule has 3 aliphatic rings. The number of sulfonamides is 1. The van der Waals surface area contributed by atoms with Crippen LogP contribution in [0, 0.1) is 6.92 Å². The van der Waals surface area contributed by atoms with Crippen LogP contribution >= 0.6 is 0 Å². The van der Waals surface area contributed by atoms with E-state index in [1.54, 1.807) is 16.4 Å². The van der Waals surface area contributed by atoms with Gasteiger partial charge in [-0.05, 0) is 49.4 Å². The zero-order chi connectivity index (χ0) is 20.1. The molecule has 1 spiro atoms. The Labute approximate surface area is 173 Å². The molecule has 29 heavy (non-hydrogen) atoms. The second-order valence-corrected chi connectivity index (χ2v) is 10.3. The number of aryl methyl sites for hydroxylation is 1. The molecule has 2 aromatic carbocycles. The normalized spacial score (nSPS) is 27.2. The van der Waals surface area contributed by atoms with Gasteiger partial charge in [-0.25, -0.2) is 8.42 Å². The van der Waals surface area contributed by atoms with E-state index < -0.39 is 15.6 Å². The predicted molar refractivity (Wildman–Crippen MR) is 113 cm³/mol. The van der Waals surface area contributed by atoms with E-state index in [-0.39, 0.29) is 6.04 Å². The van der Waals surface area contributed by atoms with Gasteiger partial charge < -0.3 is 4.74 Å². The highest BCUT2D eigenvalue weighted by atomic mass is 32.2. The topological polar surface area (TPSA) is 46.6 Å². The zero-order valence-electron chi connectivity index (χ0n) is 16.8. The van der Waals surface area contributed by atoms with Gasteiger partial charge >= 0.3 is 0 Å². The summed E-state index contributed by atoms with van der Waals surface area (Å²) in [6.45, 7) is 2.88. The molecule has 2 aromatic rings. The molecule has 152 valence electrons. The molecule has 0 N–H and O–H groups in total. The molecule has 1 aliphatic carbocycles. The number of ether oxygens (including phenoxy) is 1. The fraction of sp³-hybridized carbons (Fsp3) is 0.417. The van der Waals surface area contributed by atoms with E-state index >= 15 is 0 Å². The second kappa shape index (κ2) is 7.08. The van der Waals surface area contributed by atoms with E-state index in [9.17, 15) is 8.42 Å². The molecule has 0 amide bonds. The number of nitrogens with zero attached hydrogens (tertiary/aromatic N) is 1. The first-order valence-electron chi connectivity index (χ1n) is 10.5. The van der Waals surface area contributed by atoms with Gasteiger partial charge in [-0.3, -0.25) is 0 Å². The van der Waals surface area contributed by atoms with Gasteiger partial charge in [0, 0.05) is 6.04 Å². The van der Waals surface area contributed by atoms with Crippen molar-refractivity contribution in [2.24, 2.45) is 0 Å². The van der Waals surface area contributed by atoms with Gasteiger partial charge in [-0.15, -0.1) is 0 Å². The molecule has 0 aromatic heterocycles. The van der Waals surface area contributed by atoms with Crippen LogP contribution in [0.4, 0.5) is 0 Å². The summed E-state index contributed by atoms with van der Waals surface area (Å²) in [5.74, 6) is 0. The molecule has 0 saturated heterocycles. The van der Waals surface area contributed by atoms with Gasteiger partial charge in [-0.1, -0.05) is 66.5 Å². The maximum Gasteiger partial charge on any atom is 0.244 e. The molecular weight excluding hydrogens is 382 g/mol. The highest BCUT2D eigenvalue weighted by molar-refractivity contribution is 7.89. The summed E-state index contributed by atoms with van der Waals surface area (Å²) < 4.78 is 35.9. The Bertz CT molecular complexity index is 1060. The molecule has 0 radical (unpaired) electrons. The fourth-order valence-electron chi connectivity index (χ4n) is 5.25. The average molecular weight is 410 g/mol. The number of rotatable bonds is 2. The summed E-state index contributed by atoms with van der Waals surface area (Å²) in [6, 6.07) is 15.3. The SMILES string of the molecule is Cc1ccc(S(=O)(=O)N2C3CCCCCC3=CC23COCc2ccccc23)cc1. The quantitative estimate of drug-likeness (QED) is 0.677. The zero-order valence-corrected chi connectivity index (χ0v) is 17.6. The van der Waals surface area contributed by atoms with Gasteiger partial charge in [0.05, 0.1) is 18.1 Å². The smallest absolute Gasteiger partial charge is 0.244 e. The Kier molecular flexibility index (Phi) is 4.65. The number of hydrogen-bond donors (Lipinski definition) is 0. The lowest BCUT2D eigenvalue weighted by atomic mass is 9.85. The van der Waals surface area contributed by atoms with Crippen molar-refractivity contribution in [1.82, 2.24) is 4.31 Å². The Hall–Kier alpha value is -1.95. The van der Waals surface area contributed by atoms with Crippen LogP contribution < -0.4 is 0 Å². The van der Waals surface area contributed by atoms with Crippen molar-refractivity contribution in [2.45, 2.75) is 62.1 Å². The third-order valence-electron chi connectivity index (χ3n) is 6.61. The minimum atomic E-state index is -3.69. The van der Waals surface area contributed by atoms with Crippen molar-refractivity contribution in [3.05, 3.63) is 76.9 Å². The third-order valence-corrected chi connectivity index (χ3v) is 8.58. The van der Waals surface area contributed by atoms with Gasteiger partial charge in [0.15, 0.2) is 0 Å². The van der Waals surface area contributed by atoms with Gasteiger partial charge in [-0.2, -0.15) is 4.31 Å². The van der Waals surface area contributed by atoms with Crippen molar-refractivity contribution in [3.8, 4) is 0 Å². The second-order valence-electron chi connectivity index (χ2n) is 8.52. The van der Waals surface area contributed by atoms with Crippen LogP contribution in [-0.4, -0.2) is 25.4 Å². The first kappa shape index (κ1) is 19.0. The summed E-state index contributed by atoms with van der Waals surface area (Å²) >= 11 is 0. The van der Waals surface area contributed by atoms with E-state index in [2.05, 4.69) is 18.2 Å². The van der Waals surface area contributed by atoms with Crippen molar-refractivity contribution < 1.29 is 13.2 Å². The Balaban J connectivity index is 1.72. The molecule has 1 fully saturated rings. The number of fused-ring (bicyclic) bond motifs is 3. The molecule has 5 rings (SSSR count). The number of hydrogen-bond acceptors (Lipinski definition) is 3. The highest BCUT2D eigenvalue weighted by Crippen LogP contribution is 2.50. The van der Waals surface area contributed by atoms with Crippen molar-refractivity contribution in [2.75, 3.05) is 6.61 Å². The van der Waals surface area contributed by atoms with Crippen LogP contribution in [0.2, 0.25) is 0 Å². The van der Waals surface area contributed by atoms with Crippen molar-refractivity contribution >= 4 is 10.0 Å². The van der Waals surface area contributed by atoms with E-state index in [4.69, 9.17) is 4.74 Å². The first-order chi connectivity index (χ1) is 14.0. The van der Waals surface area contributed by atoms with Gasteiger partial charge in [0.2, 0.25) is 10.0 Å². The van der Waals surface area contributed by atoms with Crippen LogP contribution in [0.1, 0.15) is 48.8 Å². The standard InChI is InChI=1S/C24H27NO3S/c1-18-11-13-21(14-12-18)29(26,27)25-23-10-4-2-3-7-19(23)15-24(25)17-28-16-20-8-5-6-9-22(20)24/h5-6,8-9,11-15,23H,2-4,7,10,16-17H2,1H3. The molecular formula is C24H27NO3S. The summed E-state index contributed by atoms with van der Waals surface area (Å²) in [6.07, 6.45) is 7.41. The van der Waals surface area contributed by atoms with Crippen LogP contribution in [0.15, 0.2) is 65.1 Å². The maximum absolute atomic E-state index is 14.0. The first-order valence-corrected chi connectivity index (χ1v) is 12.0. The van der Waals surface area contributed by atoms with E-state index in [0.29, 0.717) is 18.1 Å². The van der Waals surface area contributed by atoms with E-state index in [0.717, 1.165) is 48.8 Å². The lowest BCUT2D eigenvalue weighted by Crippen LogP contribution is -2.53. The average Bonchev–Trinajstić information content (AvgIpc) is 2.86. The van der Waals surface area contributed by atoms with Crippen molar-refractivity contribution in [1.29, 1.82) is 0 Å². The maximum atomic E-state index is 14.0. The molecule has 5 heteroatoms. The van der Waals surface area contributed by atoms with Crippen LogP contribution in [0.3, 0.4) is 0 Å². The lowest BCUT2D eigenvalue weighted by Gasteiger charge is -2.43. The molecule has 1 saturated carbocycles. The largest absolute Gasteiger partial charge is 0.374 e. The van der Waals surface area contributed by atoms with Crippen LogP contribution in [-0.2, 0) is 26.9 Å². The summed E-state index contributed by atoms with van der Waals surface area (Å²) in [5.41, 5.74) is 3.72. The Morgan fingerprint density at radius 2 is 1.83 bits per heavy atom. The van der Waals surface area contributed by atoms with Crippen LogP contribution in [0.5, 0.6) is 0 Å². The lowest BCUT2D eigenvalue weighted by molar-refractivity contribution is 0.0232. The minimum absolute atomic E-state index is 0.0847. The monoisotopic (exact) mass is 409 g/mol. The minimum Gasteiger partial charge on any atom is -0.374 e. The molecule has 2 atom stereocenters.